The summed E-state index contributed by atoms with van der Waals surface area (Å²) in [6.07, 6.45) is 0. The molecule has 2 aromatic carbocycles. The molecule has 3 rings (SSSR count). The van der Waals surface area contributed by atoms with Crippen molar-refractivity contribution in [3.8, 4) is 0 Å². The number of nitrogens with one attached hydrogen (secondary N) is 1. The minimum atomic E-state index is -0.518. The zero-order chi connectivity index (χ0) is 16.6. The molecule has 0 aliphatic carbocycles. The molecule has 2 amide bonds. The molecule has 1 N–H and O–H groups in total. The molecule has 0 saturated carbocycles. The van der Waals surface area contributed by atoms with E-state index in [1.165, 1.54) is 12.0 Å². The standard InChI is InChI=1S/C18H18N2O3/c1-11-15(17(21)23-3)16(19-18(22)20(11)2)14-9-8-12-6-4-5-7-13(12)10-14/h4-10,16H,1-3H3,(H,19,22)/t16-/m0/s1. The van der Waals surface area contributed by atoms with Crippen LogP contribution >= 0.6 is 0 Å². The third kappa shape index (κ3) is 2.54. The van der Waals surface area contributed by atoms with Gasteiger partial charge in [0.1, 0.15) is 0 Å². The van der Waals surface area contributed by atoms with Crippen LogP contribution < -0.4 is 5.32 Å². The molecule has 1 atom stereocenters. The van der Waals surface area contributed by atoms with Crippen molar-refractivity contribution in [2.45, 2.75) is 13.0 Å². The summed E-state index contributed by atoms with van der Waals surface area (Å²) >= 11 is 0. The van der Waals surface area contributed by atoms with Gasteiger partial charge in [-0.25, -0.2) is 9.59 Å². The maximum atomic E-state index is 12.2. The molecule has 1 heterocycles. The van der Waals surface area contributed by atoms with Crippen LogP contribution in [0.3, 0.4) is 0 Å². The summed E-state index contributed by atoms with van der Waals surface area (Å²) < 4.78 is 4.91. The first kappa shape index (κ1) is 15.1. The molecule has 0 radical (unpaired) electrons. The van der Waals surface area contributed by atoms with Crippen LogP contribution in [0.5, 0.6) is 0 Å². The van der Waals surface area contributed by atoms with Crippen LogP contribution in [0, 0.1) is 0 Å². The number of rotatable bonds is 2. The van der Waals surface area contributed by atoms with E-state index in [2.05, 4.69) is 5.32 Å². The number of methoxy groups -OCH3 is 1. The Morgan fingerprint density at radius 3 is 2.57 bits per heavy atom. The minimum Gasteiger partial charge on any atom is -0.466 e. The van der Waals surface area contributed by atoms with E-state index in [1.54, 1.807) is 14.0 Å². The van der Waals surface area contributed by atoms with Gasteiger partial charge in [0.15, 0.2) is 0 Å². The fourth-order valence-corrected chi connectivity index (χ4v) is 2.85. The number of allylic oxidation sites excluding steroid dienone is 1. The maximum absolute atomic E-state index is 12.2. The van der Waals surface area contributed by atoms with Crippen molar-refractivity contribution in [3.05, 3.63) is 59.3 Å². The Kier molecular flexibility index (Phi) is 3.78. The predicted octanol–water partition coefficient (Wildman–Crippen LogP) is 2.98. The molecular weight excluding hydrogens is 292 g/mol. The third-order valence-corrected chi connectivity index (χ3v) is 4.27. The Labute approximate surface area is 134 Å². The Hall–Kier alpha value is -2.82. The van der Waals surface area contributed by atoms with Crippen LogP contribution in [0.15, 0.2) is 53.7 Å². The van der Waals surface area contributed by atoms with Crippen LogP contribution in [0.1, 0.15) is 18.5 Å². The molecule has 1 aliphatic rings. The van der Waals surface area contributed by atoms with Gasteiger partial charge in [-0.2, -0.15) is 0 Å². The second kappa shape index (κ2) is 5.76. The number of carbonyl (C=O) groups is 2. The fourth-order valence-electron chi connectivity index (χ4n) is 2.85. The highest BCUT2D eigenvalue weighted by Gasteiger charge is 2.34. The zero-order valence-corrected chi connectivity index (χ0v) is 13.3. The van der Waals surface area contributed by atoms with Gasteiger partial charge >= 0.3 is 12.0 Å². The monoisotopic (exact) mass is 310 g/mol. The number of nitrogens with zero attached hydrogens (tertiary/aromatic N) is 1. The van der Waals surface area contributed by atoms with E-state index in [1.807, 2.05) is 42.5 Å². The molecule has 2 aromatic rings. The number of hydrogen-bond acceptors (Lipinski definition) is 3. The first-order valence-electron chi connectivity index (χ1n) is 7.35. The van der Waals surface area contributed by atoms with Crippen molar-refractivity contribution in [1.82, 2.24) is 10.2 Å². The maximum Gasteiger partial charge on any atom is 0.337 e. The molecule has 0 unspecified atom stereocenters. The van der Waals surface area contributed by atoms with E-state index in [0.717, 1.165) is 16.3 Å². The summed E-state index contributed by atoms with van der Waals surface area (Å²) in [7, 11) is 2.97. The van der Waals surface area contributed by atoms with Gasteiger partial charge in [0.25, 0.3) is 0 Å². The summed E-state index contributed by atoms with van der Waals surface area (Å²) in [5.74, 6) is -0.437. The van der Waals surface area contributed by atoms with Crippen molar-refractivity contribution in [2.24, 2.45) is 0 Å². The van der Waals surface area contributed by atoms with Crippen molar-refractivity contribution < 1.29 is 14.3 Å². The average molecular weight is 310 g/mol. The van der Waals surface area contributed by atoms with E-state index < -0.39 is 12.0 Å². The summed E-state index contributed by atoms with van der Waals surface area (Å²) in [5.41, 5.74) is 1.90. The van der Waals surface area contributed by atoms with Crippen molar-refractivity contribution in [1.29, 1.82) is 0 Å². The van der Waals surface area contributed by atoms with E-state index in [4.69, 9.17) is 4.74 Å². The fraction of sp³-hybridized carbons (Fsp3) is 0.222. The molecular formula is C18H18N2O3. The molecule has 23 heavy (non-hydrogen) atoms. The summed E-state index contributed by atoms with van der Waals surface area (Å²) in [6, 6.07) is 13.1. The largest absolute Gasteiger partial charge is 0.466 e. The normalized spacial score (nSPS) is 18.1. The molecule has 1 aliphatic heterocycles. The van der Waals surface area contributed by atoms with Gasteiger partial charge in [-0.1, -0.05) is 36.4 Å². The van der Waals surface area contributed by atoms with Gasteiger partial charge in [-0.3, -0.25) is 0 Å². The number of fused-ring (bicyclic) bond motifs is 1. The van der Waals surface area contributed by atoms with Crippen LogP contribution in [-0.4, -0.2) is 31.1 Å². The van der Waals surface area contributed by atoms with Crippen molar-refractivity contribution >= 4 is 22.8 Å². The van der Waals surface area contributed by atoms with E-state index in [0.29, 0.717) is 11.3 Å². The number of hydrogen-bond donors (Lipinski definition) is 1. The van der Waals surface area contributed by atoms with Crippen molar-refractivity contribution in [2.75, 3.05) is 14.2 Å². The quantitative estimate of drug-likeness (QED) is 0.868. The van der Waals surface area contributed by atoms with Crippen LogP contribution in [0.2, 0.25) is 0 Å². The molecule has 0 spiro atoms. The lowest BCUT2D eigenvalue weighted by atomic mass is 9.93. The Bertz CT molecular complexity index is 826. The first-order valence-corrected chi connectivity index (χ1v) is 7.35. The van der Waals surface area contributed by atoms with E-state index in [-0.39, 0.29) is 6.03 Å². The van der Waals surface area contributed by atoms with Gasteiger partial charge in [-0.05, 0) is 29.3 Å². The number of ether oxygens (including phenoxy) is 1. The number of urea groups is 1. The van der Waals surface area contributed by atoms with E-state index >= 15 is 0 Å². The van der Waals surface area contributed by atoms with Crippen LogP contribution in [0.4, 0.5) is 4.79 Å². The summed E-state index contributed by atoms with van der Waals surface area (Å²) in [5, 5.41) is 5.03. The van der Waals surface area contributed by atoms with E-state index in [9.17, 15) is 9.59 Å². The van der Waals surface area contributed by atoms with Gasteiger partial charge in [-0.15, -0.1) is 0 Å². The molecule has 5 nitrogen and oxygen atoms in total. The van der Waals surface area contributed by atoms with Gasteiger partial charge in [0, 0.05) is 12.7 Å². The minimum absolute atomic E-state index is 0.242. The number of esters is 1. The Balaban J connectivity index is 2.14. The second-order valence-electron chi connectivity index (χ2n) is 5.54. The molecule has 118 valence electrons. The smallest absolute Gasteiger partial charge is 0.337 e. The van der Waals surface area contributed by atoms with Gasteiger partial charge < -0.3 is 15.0 Å². The molecule has 0 aromatic heterocycles. The lowest BCUT2D eigenvalue weighted by Gasteiger charge is -2.33. The predicted molar refractivity (Wildman–Crippen MR) is 87.7 cm³/mol. The summed E-state index contributed by atoms with van der Waals surface area (Å²) in [4.78, 5) is 25.8. The first-order chi connectivity index (χ1) is 11.0. The van der Waals surface area contributed by atoms with Crippen LogP contribution in [0.25, 0.3) is 10.8 Å². The number of amides is 2. The lowest BCUT2D eigenvalue weighted by Crippen LogP contribution is -2.46. The molecule has 5 heteroatoms. The second-order valence-corrected chi connectivity index (χ2v) is 5.54. The van der Waals surface area contributed by atoms with Gasteiger partial charge in [0.05, 0.1) is 18.7 Å². The van der Waals surface area contributed by atoms with Gasteiger partial charge in [0.2, 0.25) is 0 Å². The molecule has 0 fully saturated rings. The molecule has 0 saturated heterocycles. The van der Waals surface area contributed by atoms with Crippen molar-refractivity contribution in [3.63, 3.8) is 0 Å². The Morgan fingerprint density at radius 1 is 1.17 bits per heavy atom. The zero-order valence-electron chi connectivity index (χ0n) is 13.3. The highest BCUT2D eigenvalue weighted by molar-refractivity contribution is 5.95. The Morgan fingerprint density at radius 2 is 1.87 bits per heavy atom. The average Bonchev–Trinajstić information content (AvgIpc) is 2.58. The lowest BCUT2D eigenvalue weighted by molar-refractivity contribution is -0.136. The van der Waals surface area contributed by atoms with Crippen LogP contribution in [-0.2, 0) is 9.53 Å². The number of benzene rings is 2. The third-order valence-electron chi connectivity index (χ3n) is 4.27. The number of carbonyl (C=O) groups excluding carboxylic acids is 2. The highest BCUT2D eigenvalue weighted by atomic mass is 16.5. The topological polar surface area (TPSA) is 58.6 Å². The summed E-state index contributed by atoms with van der Waals surface area (Å²) in [6.45, 7) is 1.75. The highest BCUT2D eigenvalue weighted by Crippen LogP contribution is 2.32. The SMILES string of the molecule is COC(=O)C1=C(C)N(C)C(=O)N[C@H]1c1ccc2ccccc2c1. The molecule has 0 bridgehead atoms.